The van der Waals surface area contributed by atoms with Crippen LogP contribution in [0.3, 0.4) is 0 Å². The molecule has 0 atom stereocenters. The van der Waals surface area contributed by atoms with Crippen LogP contribution in [0, 0.1) is 33.5 Å². The van der Waals surface area contributed by atoms with E-state index in [9.17, 15) is 4.39 Å². The van der Waals surface area contributed by atoms with Crippen LogP contribution in [-0.4, -0.2) is 15.9 Å². The van der Waals surface area contributed by atoms with Crippen molar-refractivity contribution in [2.24, 2.45) is 5.10 Å². The number of rotatable bonds is 4. The van der Waals surface area contributed by atoms with Crippen LogP contribution in [0.25, 0.3) is 5.69 Å². The molecule has 0 fully saturated rings. The van der Waals surface area contributed by atoms with Crippen LogP contribution in [-0.2, 0) is 0 Å². The first-order chi connectivity index (χ1) is 13.8. The zero-order valence-electron chi connectivity index (χ0n) is 16.7. The van der Waals surface area contributed by atoms with Crippen molar-refractivity contribution in [1.29, 1.82) is 0 Å². The summed E-state index contributed by atoms with van der Waals surface area (Å²) in [4.78, 5) is 0. The second-order valence-electron chi connectivity index (χ2n) is 6.83. The minimum Gasteiger partial charge on any atom is -0.331 e. The number of aryl methyl sites for hydroxylation is 2. The molecular weight excluding hydrogens is 407 g/mol. The van der Waals surface area contributed by atoms with Crippen molar-refractivity contribution >= 4 is 40.8 Å². The van der Waals surface area contributed by atoms with Gasteiger partial charge in [-0.3, -0.25) is 5.43 Å². The zero-order valence-corrected chi connectivity index (χ0v) is 18.2. The van der Waals surface area contributed by atoms with Crippen molar-refractivity contribution in [3.63, 3.8) is 0 Å². The predicted molar refractivity (Wildman–Crippen MR) is 123 cm³/mol. The molecule has 7 heteroatoms. The molecule has 0 unspecified atom stereocenters. The fourth-order valence-electron chi connectivity index (χ4n) is 3.14. The second-order valence-corrected chi connectivity index (χ2v) is 7.65. The van der Waals surface area contributed by atoms with Crippen LogP contribution >= 0.6 is 23.8 Å². The van der Waals surface area contributed by atoms with E-state index in [0.717, 1.165) is 28.2 Å². The second kappa shape index (κ2) is 8.76. The fraction of sp³-hybridized carbons (Fsp3) is 0.182. The third-order valence-electron chi connectivity index (χ3n) is 4.85. The van der Waals surface area contributed by atoms with Gasteiger partial charge in [-0.25, -0.2) is 4.39 Å². The summed E-state index contributed by atoms with van der Waals surface area (Å²) in [6.07, 6.45) is 1.70. The molecule has 29 heavy (non-hydrogen) atoms. The molecule has 1 aromatic heterocycles. The summed E-state index contributed by atoms with van der Waals surface area (Å²) in [6, 6.07) is 12.7. The number of halogens is 2. The number of aromatic nitrogens is 1. The summed E-state index contributed by atoms with van der Waals surface area (Å²) in [6.45, 7) is 8.00. The molecule has 0 saturated heterocycles. The van der Waals surface area contributed by atoms with Gasteiger partial charge in [0.1, 0.15) is 5.82 Å². The van der Waals surface area contributed by atoms with Gasteiger partial charge in [0.2, 0.25) is 0 Å². The average molecular weight is 429 g/mol. The van der Waals surface area contributed by atoms with E-state index in [2.05, 4.69) is 28.8 Å². The Kier molecular flexibility index (Phi) is 6.35. The molecule has 4 nitrogen and oxygen atoms in total. The third-order valence-corrected chi connectivity index (χ3v) is 5.35. The largest absolute Gasteiger partial charge is 0.331 e. The first-order valence-electron chi connectivity index (χ1n) is 9.08. The molecule has 3 rings (SSSR count). The summed E-state index contributed by atoms with van der Waals surface area (Å²) in [5, 5.41) is 7.91. The van der Waals surface area contributed by atoms with Crippen LogP contribution < -0.4 is 10.7 Å². The molecule has 3 aromatic rings. The van der Waals surface area contributed by atoms with E-state index in [1.807, 2.05) is 43.5 Å². The number of hydrazone groups is 1. The highest BCUT2D eigenvalue weighted by Crippen LogP contribution is 2.23. The lowest BCUT2D eigenvalue weighted by molar-refractivity contribution is 0.626. The van der Waals surface area contributed by atoms with E-state index in [1.165, 1.54) is 11.6 Å². The Balaban J connectivity index is 1.73. The predicted octanol–water partition coefficient (Wildman–Crippen LogP) is 5.82. The molecular formula is C22H22ClFN4S. The van der Waals surface area contributed by atoms with Gasteiger partial charge in [0.15, 0.2) is 5.11 Å². The average Bonchev–Trinajstić information content (AvgIpc) is 2.95. The van der Waals surface area contributed by atoms with E-state index in [1.54, 1.807) is 18.3 Å². The van der Waals surface area contributed by atoms with Crippen molar-refractivity contribution in [2.75, 3.05) is 5.32 Å². The number of nitrogens with zero attached hydrogens (tertiary/aromatic N) is 2. The molecule has 0 spiro atoms. The van der Waals surface area contributed by atoms with E-state index in [-0.39, 0.29) is 5.02 Å². The van der Waals surface area contributed by atoms with Gasteiger partial charge >= 0.3 is 0 Å². The first-order valence-corrected chi connectivity index (χ1v) is 9.87. The number of hydrogen-bond acceptors (Lipinski definition) is 2. The summed E-state index contributed by atoms with van der Waals surface area (Å²) in [5.41, 5.74) is 9.62. The van der Waals surface area contributed by atoms with Crippen LogP contribution in [0.4, 0.5) is 10.1 Å². The number of thiocarbonyl (C=S) groups is 1. The fourth-order valence-corrected chi connectivity index (χ4v) is 3.42. The van der Waals surface area contributed by atoms with Gasteiger partial charge in [-0.15, -0.1) is 0 Å². The number of nitrogens with one attached hydrogen (secondary N) is 2. The van der Waals surface area contributed by atoms with E-state index >= 15 is 0 Å². The molecule has 0 saturated carbocycles. The standard InChI is InChI=1S/C22H22ClFN4S/c1-13-6-5-7-21(15(13)3)26-22(29)27-25-12-17-10-14(2)28(16(17)4)18-8-9-19(23)20(24)11-18/h5-12H,1-4H3,(H2,26,27,29)/b25-12-. The van der Waals surface area contributed by atoms with Gasteiger partial charge in [-0.2, -0.15) is 5.10 Å². The van der Waals surface area contributed by atoms with Crippen LogP contribution in [0.1, 0.15) is 28.1 Å². The van der Waals surface area contributed by atoms with Crippen LogP contribution in [0.5, 0.6) is 0 Å². The zero-order chi connectivity index (χ0) is 21.1. The topological polar surface area (TPSA) is 41.4 Å². The molecule has 1 heterocycles. The van der Waals surface area contributed by atoms with E-state index < -0.39 is 5.82 Å². The first kappa shape index (κ1) is 21.0. The Labute approximate surface area is 180 Å². The molecule has 150 valence electrons. The monoisotopic (exact) mass is 428 g/mol. The number of benzene rings is 2. The number of anilines is 1. The Morgan fingerprint density at radius 2 is 1.90 bits per heavy atom. The van der Waals surface area contributed by atoms with Crippen LogP contribution in [0.15, 0.2) is 47.6 Å². The van der Waals surface area contributed by atoms with E-state index in [4.69, 9.17) is 23.8 Å². The maximum Gasteiger partial charge on any atom is 0.191 e. The summed E-state index contributed by atoms with van der Waals surface area (Å²) < 4.78 is 15.8. The molecule has 0 aliphatic rings. The minimum absolute atomic E-state index is 0.104. The summed E-state index contributed by atoms with van der Waals surface area (Å²) in [7, 11) is 0. The van der Waals surface area contributed by atoms with Crippen molar-refractivity contribution in [2.45, 2.75) is 27.7 Å². The highest BCUT2D eigenvalue weighted by atomic mass is 35.5. The maximum atomic E-state index is 13.9. The number of hydrogen-bond donors (Lipinski definition) is 2. The summed E-state index contributed by atoms with van der Waals surface area (Å²) >= 11 is 11.1. The van der Waals surface area contributed by atoms with Crippen molar-refractivity contribution in [1.82, 2.24) is 9.99 Å². The normalized spacial score (nSPS) is 11.1. The minimum atomic E-state index is -0.448. The molecule has 0 aliphatic heterocycles. The highest BCUT2D eigenvalue weighted by Gasteiger charge is 2.11. The Bertz CT molecular complexity index is 1100. The van der Waals surface area contributed by atoms with Gasteiger partial charge in [0.05, 0.1) is 11.2 Å². The molecule has 2 aromatic carbocycles. The Hall–Kier alpha value is -2.70. The SMILES string of the molecule is Cc1cccc(NC(=S)N/N=C\c2cc(C)n(-c3ccc(Cl)c(F)c3)c2C)c1C. The maximum absolute atomic E-state index is 13.9. The quantitative estimate of drug-likeness (QED) is 0.312. The van der Waals surface area contributed by atoms with Gasteiger partial charge < -0.3 is 9.88 Å². The lowest BCUT2D eigenvalue weighted by Crippen LogP contribution is -2.24. The lowest BCUT2D eigenvalue weighted by Gasteiger charge is -2.11. The molecule has 0 radical (unpaired) electrons. The molecule has 0 amide bonds. The highest BCUT2D eigenvalue weighted by molar-refractivity contribution is 7.80. The van der Waals surface area contributed by atoms with E-state index in [0.29, 0.717) is 10.8 Å². The van der Waals surface area contributed by atoms with Gasteiger partial charge in [-0.05, 0) is 81.4 Å². The molecule has 0 aliphatic carbocycles. The molecule has 0 bridgehead atoms. The molecule has 2 N–H and O–H groups in total. The van der Waals surface area contributed by atoms with Gasteiger partial charge in [0.25, 0.3) is 0 Å². The third kappa shape index (κ3) is 4.66. The van der Waals surface area contributed by atoms with Crippen molar-refractivity contribution in [3.8, 4) is 5.69 Å². The van der Waals surface area contributed by atoms with Crippen LogP contribution in [0.2, 0.25) is 5.02 Å². The van der Waals surface area contributed by atoms with Gasteiger partial charge in [-0.1, -0.05) is 23.7 Å². The summed E-state index contributed by atoms with van der Waals surface area (Å²) in [5.74, 6) is -0.448. The Morgan fingerprint density at radius 1 is 1.14 bits per heavy atom. The Morgan fingerprint density at radius 3 is 2.62 bits per heavy atom. The lowest BCUT2D eigenvalue weighted by atomic mass is 10.1. The van der Waals surface area contributed by atoms with Crippen molar-refractivity contribution < 1.29 is 4.39 Å². The smallest absolute Gasteiger partial charge is 0.191 e. The van der Waals surface area contributed by atoms with Crippen molar-refractivity contribution in [3.05, 3.63) is 81.4 Å². The van der Waals surface area contributed by atoms with Gasteiger partial charge in [0, 0.05) is 28.3 Å².